The van der Waals surface area contributed by atoms with E-state index in [-0.39, 0.29) is 19.6 Å². The van der Waals surface area contributed by atoms with Gasteiger partial charge in [-0.25, -0.2) is 0 Å². The molecule has 1 aromatic heterocycles. The van der Waals surface area contributed by atoms with Crippen molar-refractivity contribution in [1.29, 1.82) is 0 Å². The molecule has 0 saturated heterocycles. The lowest BCUT2D eigenvalue weighted by Gasteiger charge is -2.07. The first-order valence-corrected chi connectivity index (χ1v) is 5.29. The largest absolute Gasteiger partial charge is 0.389 e. The van der Waals surface area contributed by atoms with Gasteiger partial charge in [-0.05, 0) is 24.1 Å². The van der Waals surface area contributed by atoms with Crippen LogP contribution in [0.1, 0.15) is 24.1 Å². The lowest BCUT2D eigenvalue weighted by molar-refractivity contribution is -0.138. The number of aromatic nitrogens is 1. The number of nitrogens with two attached hydrogens (primary N) is 1. The van der Waals surface area contributed by atoms with E-state index in [4.69, 9.17) is 10.5 Å². The van der Waals surface area contributed by atoms with Gasteiger partial charge in [0.1, 0.15) is 0 Å². The van der Waals surface area contributed by atoms with Crippen molar-refractivity contribution in [2.75, 3.05) is 6.61 Å². The molecule has 1 aromatic rings. The van der Waals surface area contributed by atoms with Gasteiger partial charge in [0.05, 0.1) is 12.3 Å². The fourth-order valence-corrected chi connectivity index (χ4v) is 1.29. The van der Waals surface area contributed by atoms with Crippen LogP contribution in [0.15, 0.2) is 18.3 Å². The number of halogens is 3. The molecule has 96 valence electrons. The summed E-state index contributed by atoms with van der Waals surface area (Å²) in [6.45, 7) is 0.717. The van der Waals surface area contributed by atoms with Gasteiger partial charge in [-0.15, -0.1) is 0 Å². The number of alkyl halides is 3. The van der Waals surface area contributed by atoms with Crippen molar-refractivity contribution < 1.29 is 17.9 Å². The minimum Gasteiger partial charge on any atom is -0.377 e. The molecule has 1 rings (SSSR count). The molecule has 0 aromatic carbocycles. The molecular weight excluding hydrogens is 233 g/mol. The van der Waals surface area contributed by atoms with Crippen LogP contribution in [0.25, 0.3) is 0 Å². The zero-order valence-corrected chi connectivity index (χ0v) is 9.33. The van der Waals surface area contributed by atoms with Gasteiger partial charge in [0.15, 0.2) is 0 Å². The molecule has 0 bridgehead atoms. The second kappa shape index (κ2) is 6.56. The molecule has 0 aliphatic rings. The van der Waals surface area contributed by atoms with Crippen LogP contribution in [0.5, 0.6) is 0 Å². The Morgan fingerprint density at radius 3 is 2.76 bits per heavy atom. The molecule has 0 fully saturated rings. The van der Waals surface area contributed by atoms with Gasteiger partial charge in [0.25, 0.3) is 0 Å². The second-order valence-electron chi connectivity index (χ2n) is 3.63. The Labute approximate surface area is 97.8 Å². The predicted octanol–water partition coefficient (Wildman–Crippen LogP) is 2.40. The Kier molecular flexibility index (Phi) is 5.37. The molecule has 0 aliphatic carbocycles. The molecule has 6 heteroatoms. The van der Waals surface area contributed by atoms with Crippen LogP contribution in [0.3, 0.4) is 0 Å². The molecule has 0 radical (unpaired) electrons. The van der Waals surface area contributed by atoms with Crippen LogP contribution in [0.4, 0.5) is 13.2 Å². The number of ether oxygens (including phenoxy) is 1. The highest BCUT2D eigenvalue weighted by Gasteiger charge is 2.25. The summed E-state index contributed by atoms with van der Waals surface area (Å²) in [5, 5.41) is 0. The lowest BCUT2D eigenvalue weighted by atomic mass is 10.2. The standard InChI is InChI=1S/C11H15F3N2O/c12-11(13,14)3-1-5-17-8-9-2-4-16-10(6-9)7-15/h2,4,6H,1,3,5,7-8,15H2. The topological polar surface area (TPSA) is 48.1 Å². The quantitative estimate of drug-likeness (QED) is 0.786. The van der Waals surface area contributed by atoms with E-state index in [9.17, 15) is 13.2 Å². The molecule has 0 saturated carbocycles. The molecule has 0 atom stereocenters. The highest BCUT2D eigenvalue weighted by molar-refractivity contribution is 5.15. The maximum atomic E-state index is 11.8. The predicted molar refractivity (Wildman–Crippen MR) is 57.1 cm³/mol. The van der Waals surface area contributed by atoms with Crippen molar-refractivity contribution in [3.63, 3.8) is 0 Å². The van der Waals surface area contributed by atoms with Gasteiger partial charge in [-0.2, -0.15) is 13.2 Å². The summed E-state index contributed by atoms with van der Waals surface area (Å²) >= 11 is 0. The highest BCUT2D eigenvalue weighted by Crippen LogP contribution is 2.21. The van der Waals surface area contributed by atoms with Gasteiger partial charge >= 0.3 is 6.18 Å². The number of rotatable bonds is 6. The first-order chi connectivity index (χ1) is 8.01. The minimum atomic E-state index is -4.10. The molecule has 17 heavy (non-hydrogen) atoms. The third-order valence-corrected chi connectivity index (χ3v) is 2.11. The van der Waals surface area contributed by atoms with Crippen LogP contribution in [0, 0.1) is 0 Å². The first-order valence-electron chi connectivity index (χ1n) is 5.29. The zero-order valence-electron chi connectivity index (χ0n) is 9.33. The number of nitrogens with zero attached hydrogens (tertiary/aromatic N) is 1. The monoisotopic (exact) mass is 248 g/mol. The summed E-state index contributed by atoms with van der Waals surface area (Å²) in [6.07, 6.45) is -3.32. The van der Waals surface area contributed by atoms with Gasteiger partial charge < -0.3 is 10.5 Å². The normalized spacial score (nSPS) is 11.8. The highest BCUT2D eigenvalue weighted by atomic mass is 19.4. The van der Waals surface area contributed by atoms with Gasteiger partial charge in [0, 0.05) is 25.8 Å². The van der Waals surface area contributed by atoms with Gasteiger partial charge in [-0.1, -0.05) is 0 Å². The minimum absolute atomic E-state index is 0.0155. The molecule has 3 nitrogen and oxygen atoms in total. The van der Waals surface area contributed by atoms with Crippen molar-refractivity contribution in [1.82, 2.24) is 4.98 Å². The fraction of sp³-hybridized carbons (Fsp3) is 0.545. The summed E-state index contributed by atoms with van der Waals surface area (Å²) in [6, 6.07) is 3.53. The van der Waals surface area contributed by atoms with Crippen molar-refractivity contribution in [2.45, 2.75) is 32.2 Å². The van der Waals surface area contributed by atoms with Crippen LogP contribution < -0.4 is 5.73 Å². The second-order valence-corrected chi connectivity index (χ2v) is 3.63. The average Bonchev–Trinajstić information content (AvgIpc) is 2.27. The third kappa shape index (κ3) is 6.23. The van der Waals surface area contributed by atoms with Crippen molar-refractivity contribution >= 4 is 0 Å². The molecule has 0 unspecified atom stereocenters. The maximum absolute atomic E-state index is 11.8. The van der Waals surface area contributed by atoms with Gasteiger partial charge in [-0.3, -0.25) is 4.98 Å². The van der Waals surface area contributed by atoms with E-state index in [0.717, 1.165) is 11.3 Å². The van der Waals surface area contributed by atoms with Crippen LogP contribution in [0.2, 0.25) is 0 Å². The van der Waals surface area contributed by atoms with E-state index < -0.39 is 12.6 Å². The lowest BCUT2D eigenvalue weighted by Crippen LogP contribution is -2.09. The van der Waals surface area contributed by atoms with Crippen molar-refractivity contribution in [2.24, 2.45) is 5.73 Å². The number of pyridine rings is 1. The summed E-state index contributed by atoms with van der Waals surface area (Å²) in [5.41, 5.74) is 7.02. The first kappa shape index (κ1) is 13.9. The SMILES string of the molecule is NCc1cc(COCCCC(F)(F)F)ccn1. The van der Waals surface area contributed by atoms with Crippen LogP contribution >= 0.6 is 0 Å². The van der Waals surface area contributed by atoms with Crippen molar-refractivity contribution in [3.05, 3.63) is 29.6 Å². The molecule has 1 heterocycles. The molecule has 0 amide bonds. The average molecular weight is 248 g/mol. The molecule has 0 aliphatic heterocycles. The van der Waals surface area contributed by atoms with E-state index in [0.29, 0.717) is 6.54 Å². The summed E-state index contributed by atoms with van der Waals surface area (Å²) in [7, 11) is 0. The number of hydrogen-bond donors (Lipinski definition) is 1. The Morgan fingerprint density at radius 1 is 1.35 bits per heavy atom. The summed E-state index contributed by atoms with van der Waals surface area (Å²) < 4.78 is 40.6. The van der Waals surface area contributed by atoms with E-state index >= 15 is 0 Å². The van der Waals surface area contributed by atoms with Crippen LogP contribution in [-0.2, 0) is 17.9 Å². The Bertz CT molecular complexity index is 342. The summed E-state index contributed by atoms with van der Waals surface area (Å²) in [5.74, 6) is 0. The Balaban J connectivity index is 2.22. The van der Waals surface area contributed by atoms with E-state index in [1.807, 2.05) is 0 Å². The Morgan fingerprint density at radius 2 is 2.12 bits per heavy atom. The fourth-order valence-electron chi connectivity index (χ4n) is 1.29. The van der Waals surface area contributed by atoms with E-state index in [1.54, 1.807) is 18.3 Å². The smallest absolute Gasteiger partial charge is 0.377 e. The maximum Gasteiger partial charge on any atom is 0.389 e. The molecule has 2 N–H and O–H groups in total. The van der Waals surface area contributed by atoms with Crippen molar-refractivity contribution in [3.8, 4) is 0 Å². The van der Waals surface area contributed by atoms with E-state index in [2.05, 4.69) is 4.98 Å². The number of hydrogen-bond acceptors (Lipinski definition) is 3. The third-order valence-electron chi connectivity index (χ3n) is 2.11. The van der Waals surface area contributed by atoms with Crippen LogP contribution in [-0.4, -0.2) is 17.8 Å². The Hall–Kier alpha value is -1.14. The molecular formula is C11H15F3N2O. The van der Waals surface area contributed by atoms with E-state index in [1.165, 1.54) is 0 Å². The molecule has 0 spiro atoms. The van der Waals surface area contributed by atoms with Gasteiger partial charge in [0.2, 0.25) is 0 Å². The summed E-state index contributed by atoms with van der Waals surface area (Å²) in [4.78, 5) is 4.01. The zero-order chi connectivity index (χ0) is 12.7.